The van der Waals surface area contributed by atoms with E-state index in [4.69, 9.17) is 32.8 Å². The van der Waals surface area contributed by atoms with Gasteiger partial charge in [0.25, 0.3) is 0 Å². The van der Waals surface area contributed by atoms with Crippen LogP contribution in [-0.2, 0) is 4.84 Å². The Kier molecular flexibility index (Phi) is 4.01. The van der Waals surface area contributed by atoms with Crippen LogP contribution in [0.5, 0.6) is 6.01 Å². The number of hydroxylamine groups is 1. The van der Waals surface area contributed by atoms with Crippen molar-refractivity contribution >= 4 is 29.3 Å². The lowest BCUT2D eigenvalue weighted by Gasteiger charge is -2.18. The Morgan fingerprint density at radius 2 is 2.06 bits per heavy atom. The van der Waals surface area contributed by atoms with E-state index in [1.807, 2.05) is 0 Å². The molecule has 0 bridgehead atoms. The van der Waals surface area contributed by atoms with Crippen LogP contribution in [0.1, 0.15) is 20.8 Å². The molecular formula is C8H11Cl2N3O3. The number of aromatic amines is 1. The monoisotopic (exact) mass is 267 g/mol. The molecule has 1 rings (SSSR count). The third-order valence-electron chi connectivity index (χ3n) is 1.23. The zero-order valence-electron chi connectivity index (χ0n) is 8.93. The summed E-state index contributed by atoms with van der Waals surface area (Å²) >= 11 is 11.1. The molecule has 0 saturated heterocycles. The number of aromatic nitrogens is 2. The Bertz CT molecular complexity index is 367. The van der Waals surface area contributed by atoms with Gasteiger partial charge in [0.15, 0.2) is 5.15 Å². The van der Waals surface area contributed by atoms with Crippen molar-refractivity contribution in [2.24, 2.45) is 0 Å². The van der Waals surface area contributed by atoms with Gasteiger partial charge in [-0.2, -0.15) is 10.5 Å². The van der Waals surface area contributed by atoms with E-state index in [0.29, 0.717) is 0 Å². The molecule has 6 nitrogen and oxygen atoms in total. The molecule has 8 heteroatoms. The number of carbonyl (C=O) groups is 1. The maximum absolute atomic E-state index is 11.2. The first-order valence-electron chi connectivity index (χ1n) is 4.35. The van der Waals surface area contributed by atoms with Crippen LogP contribution in [0.3, 0.4) is 0 Å². The van der Waals surface area contributed by atoms with Gasteiger partial charge in [-0.05, 0) is 20.8 Å². The van der Waals surface area contributed by atoms with E-state index in [1.165, 1.54) is 0 Å². The van der Waals surface area contributed by atoms with Gasteiger partial charge < -0.3 is 4.74 Å². The second-order valence-corrected chi connectivity index (χ2v) is 4.59. The number of hydrogen-bond donors (Lipinski definition) is 2. The van der Waals surface area contributed by atoms with Crippen molar-refractivity contribution in [1.29, 1.82) is 0 Å². The molecule has 1 amide bonds. The Labute approximate surface area is 102 Å². The fourth-order valence-corrected chi connectivity index (χ4v) is 0.910. The summed E-state index contributed by atoms with van der Waals surface area (Å²) in [6.07, 6.45) is -0.822. The zero-order valence-corrected chi connectivity index (χ0v) is 10.4. The molecule has 0 radical (unpaired) electrons. The van der Waals surface area contributed by atoms with Crippen molar-refractivity contribution in [2.75, 3.05) is 0 Å². The highest BCUT2D eigenvalue weighted by Crippen LogP contribution is 2.21. The molecule has 90 valence electrons. The molecular weight excluding hydrogens is 257 g/mol. The van der Waals surface area contributed by atoms with Gasteiger partial charge in [0.2, 0.25) is 0 Å². The van der Waals surface area contributed by atoms with Crippen LogP contribution in [0.4, 0.5) is 4.79 Å². The molecule has 0 atom stereocenters. The lowest BCUT2D eigenvalue weighted by atomic mass is 10.2. The molecule has 0 fully saturated rings. The number of H-pyrrole nitrogens is 1. The molecule has 1 aromatic rings. The maximum Gasteiger partial charge on any atom is 0.439 e. The minimum Gasteiger partial charge on any atom is -0.374 e. The van der Waals surface area contributed by atoms with E-state index < -0.39 is 11.7 Å². The average molecular weight is 268 g/mol. The summed E-state index contributed by atoms with van der Waals surface area (Å²) < 4.78 is 4.70. The highest BCUT2D eigenvalue weighted by atomic mass is 35.5. The van der Waals surface area contributed by atoms with Crippen LogP contribution in [0.25, 0.3) is 0 Å². The van der Waals surface area contributed by atoms with Crippen LogP contribution in [-0.4, -0.2) is 21.7 Å². The normalized spacial score (nSPS) is 11.3. The summed E-state index contributed by atoms with van der Waals surface area (Å²) in [5, 5.41) is 0.127. The van der Waals surface area contributed by atoms with E-state index in [-0.39, 0.29) is 16.3 Å². The summed E-state index contributed by atoms with van der Waals surface area (Å²) in [6.45, 7) is 5.32. The van der Waals surface area contributed by atoms with E-state index in [9.17, 15) is 4.79 Å². The number of amides is 1. The maximum atomic E-state index is 11.2. The predicted molar refractivity (Wildman–Crippen MR) is 58.6 cm³/mol. The molecule has 1 heterocycles. The quantitative estimate of drug-likeness (QED) is 0.808. The number of nitrogens with zero attached hydrogens (tertiary/aromatic N) is 1. The molecule has 0 aromatic carbocycles. The van der Waals surface area contributed by atoms with Gasteiger partial charge in [0.05, 0.1) is 5.60 Å². The van der Waals surface area contributed by atoms with Gasteiger partial charge >= 0.3 is 12.1 Å². The Morgan fingerprint density at radius 3 is 2.50 bits per heavy atom. The molecule has 0 spiro atoms. The first-order valence-corrected chi connectivity index (χ1v) is 5.10. The second kappa shape index (κ2) is 4.90. The first kappa shape index (κ1) is 13.1. The lowest BCUT2D eigenvalue weighted by molar-refractivity contribution is -0.0602. The number of nitrogens with one attached hydrogen (secondary N) is 2. The van der Waals surface area contributed by atoms with E-state index >= 15 is 0 Å². The second-order valence-electron chi connectivity index (χ2n) is 3.85. The Hall–Kier alpha value is -0.980. The zero-order chi connectivity index (χ0) is 12.3. The van der Waals surface area contributed by atoms with Crippen LogP contribution in [0.2, 0.25) is 10.3 Å². The standard InChI is InChI=1S/C8H11Cl2N3O3/c1-8(2,3)16-13-7(14)15-6-11-4(9)5(10)12-6/h1-3H3,(H,11,12)(H,13,14). The predicted octanol–water partition coefficient (Wildman–Crippen LogP) is 2.54. The average Bonchev–Trinajstić information content (AvgIpc) is 2.41. The van der Waals surface area contributed by atoms with Crippen molar-refractivity contribution in [3.8, 4) is 6.01 Å². The van der Waals surface area contributed by atoms with Gasteiger partial charge in [0.1, 0.15) is 5.15 Å². The van der Waals surface area contributed by atoms with Crippen molar-refractivity contribution < 1.29 is 14.4 Å². The minimum atomic E-state index is -0.822. The van der Waals surface area contributed by atoms with Gasteiger partial charge in [-0.15, -0.1) is 0 Å². The van der Waals surface area contributed by atoms with E-state index in [2.05, 4.69) is 15.4 Å². The largest absolute Gasteiger partial charge is 0.439 e. The number of hydrogen-bond acceptors (Lipinski definition) is 4. The first-order chi connectivity index (χ1) is 7.28. The molecule has 0 unspecified atom stereocenters. The van der Waals surface area contributed by atoms with Crippen molar-refractivity contribution in [2.45, 2.75) is 26.4 Å². The smallest absolute Gasteiger partial charge is 0.374 e. The molecule has 0 aliphatic heterocycles. The molecule has 0 saturated carbocycles. The SMILES string of the molecule is CC(C)(C)ONC(=O)Oc1nc(Cl)c(Cl)[nH]1. The highest BCUT2D eigenvalue weighted by molar-refractivity contribution is 6.40. The Morgan fingerprint density at radius 1 is 1.44 bits per heavy atom. The summed E-state index contributed by atoms with van der Waals surface area (Å²) in [5.74, 6) is 0. The van der Waals surface area contributed by atoms with E-state index in [1.54, 1.807) is 20.8 Å². The third-order valence-corrected chi connectivity index (χ3v) is 1.87. The van der Waals surface area contributed by atoms with E-state index in [0.717, 1.165) is 0 Å². The molecule has 0 aliphatic rings. The topological polar surface area (TPSA) is 76.2 Å². The number of halogens is 2. The fraction of sp³-hybridized carbons (Fsp3) is 0.500. The third kappa shape index (κ3) is 4.26. The number of carbonyl (C=O) groups excluding carboxylic acids is 1. The lowest BCUT2D eigenvalue weighted by Crippen LogP contribution is -2.35. The van der Waals surface area contributed by atoms with Gasteiger partial charge in [-0.3, -0.25) is 9.82 Å². The molecule has 0 aliphatic carbocycles. The highest BCUT2D eigenvalue weighted by Gasteiger charge is 2.15. The fourth-order valence-electron chi connectivity index (χ4n) is 0.663. The molecule has 2 N–H and O–H groups in total. The summed E-state index contributed by atoms with van der Waals surface area (Å²) in [5.41, 5.74) is 1.58. The van der Waals surface area contributed by atoms with Crippen LogP contribution < -0.4 is 10.2 Å². The Balaban J connectivity index is 2.46. The van der Waals surface area contributed by atoms with Crippen LogP contribution in [0.15, 0.2) is 0 Å². The summed E-state index contributed by atoms with van der Waals surface area (Å²) in [7, 11) is 0. The minimum absolute atomic E-state index is 0.0289. The molecule has 1 aromatic heterocycles. The number of ether oxygens (including phenoxy) is 1. The molecule has 16 heavy (non-hydrogen) atoms. The van der Waals surface area contributed by atoms with Gasteiger partial charge in [0, 0.05) is 0 Å². The summed E-state index contributed by atoms with van der Waals surface area (Å²) in [4.78, 5) is 22.2. The van der Waals surface area contributed by atoms with Crippen molar-refractivity contribution in [1.82, 2.24) is 15.4 Å². The van der Waals surface area contributed by atoms with Crippen LogP contribution >= 0.6 is 23.2 Å². The number of rotatable bonds is 2. The summed E-state index contributed by atoms with van der Waals surface area (Å²) in [6, 6.07) is -0.106. The van der Waals surface area contributed by atoms with Crippen molar-refractivity contribution in [3.63, 3.8) is 0 Å². The van der Waals surface area contributed by atoms with Gasteiger partial charge in [-0.25, -0.2) is 4.79 Å². The van der Waals surface area contributed by atoms with Crippen molar-refractivity contribution in [3.05, 3.63) is 10.3 Å². The van der Waals surface area contributed by atoms with Gasteiger partial charge in [-0.1, -0.05) is 23.2 Å². The number of imidazole rings is 1. The van der Waals surface area contributed by atoms with Crippen LogP contribution in [0, 0.1) is 0 Å².